The molecule has 0 amide bonds. The fourth-order valence-corrected chi connectivity index (χ4v) is 2.53. The molecule has 1 aromatic carbocycles. The highest BCUT2D eigenvalue weighted by atomic mass is 16.5. The molecule has 0 aliphatic carbocycles. The van der Waals surface area contributed by atoms with E-state index in [4.69, 9.17) is 9.47 Å². The van der Waals surface area contributed by atoms with Crippen molar-refractivity contribution < 1.29 is 9.47 Å². The van der Waals surface area contributed by atoms with Crippen LogP contribution in [0.3, 0.4) is 0 Å². The van der Waals surface area contributed by atoms with E-state index in [0.29, 0.717) is 5.92 Å². The van der Waals surface area contributed by atoms with Gasteiger partial charge in [0.05, 0.1) is 25.4 Å². The Morgan fingerprint density at radius 2 is 2.16 bits per heavy atom. The van der Waals surface area contributed by atoms with Gasteiger partial charge in [0.15, 0.2) is 0 Å². The Kier molecular flexibility index (Phi) is 5.83. The van der Waals surface area contributed by atoms with Crippen molar-refractivity contribution >= 4 is 0 Å². The van der Waals surface area contributed by atoms with Gasteiger partial charge in [0.2, 0.25) is 0 Å². The van der Waals surface area contributed by atoms with Crippen LogP contribution in [0.2, 0.25) is 0 Å². The minimum atomic E-state index is 0.169. The maximum atomic E-state index is 6.05. The van der Waals surface area contributed by atoms with Crippen LogP contribution in [-0.2, 0) is 9.47 Å². The van der Waals surface area contributed by atoms with Crippen LogP contribution >= 0.6 is 0 Å². The molecule has 0 radical (unpaired) electrons. The van der Waals surface area contributed by atoms with E-state index in [2.05, 4.69) is 43.4 Å². The molecule has 0 bridgehead atoms. The standard InChI is InChI=1S/C16H25NO2/c1-3-17-16(15-7-5-4-6-8-15)13(2)19-12-14-9-10-18-11-14/h4-8,13-14,16-17H,3,9-12H2,1-2H3. The van der Waals surface area contributed by atoms with Crippen LogP contribution in [0.1, 0.15) is 31.9 Å². The van der Waals surface area contributed by atoms with Gasteiger partial charge in [0.25, 0.3) is 0 Å². The first-order valence-corrected chi connectivity index (χ1v) is 7.29. The molecule has 3 heteroatoms. The third-order valence-electron chi connectivity index (χ3n) is 3.67. The Morgan fingerprint density at radius 3 is 2.79 bits per heavy atom. The molecule has 2 rings (SSSR count). The van der Waals surface area contributed by atoms with E-state index in [9.17, 15) is 0 Å². The van der Waals surface area contributed by atoms with Crippen LogP contribution in [-0.4, -0.2) is 32.5 Å². The highest BCUT2D eigenvalue weighted by molar-refractivity contribution is 5.19. The lowest BCUT2D eigenvalue weighted by molar-refractivity contribution is 0.0148. The monoisotopic (exact) mass is 263 g/mol. The molecule has 0 spiro atoms. The van der Waals surface area contributed by atoms with Crippen LogP contribution in [0.25, 0.3) is 0 Å². The van der Waals surface area contributed by atoms with Gasteiger partial charge < -0.3 is 14.8 Å². The Labute approximate surface area is 116 Å². The maximum absolute atomic E-state index is 6.05. The summed E-state index contributed by atoms with van der Waals surface area (Å²) in [4.78, 5) is 0. The van der Waals surface area contributed by atoms with Gasteiger partial charge in [-0.3, -0.25) is 0 Å². The smallest absolute Gasteiger partial charge is 0.0741 e. The van der Waals surface area contributed by atoms with Crippen molar-refractivity contribution in [2.75, 3.05) is 26.4 Å². The number of hydrogen-bond acceptors (Lipinski definition) is 3. The minimum Gasteiger partial charge on any atom is -0.381 e. The molecular weight excluding hydrogens is 238 g/mol. The molecule has 1 aromatic rings. The minimum absolute atomic E-state index is 0.169. The molecule has 1 saturated heterocycles. The summed E-state index contributed by atoms with van der Waals surface area (Å²) in [6, 6.07) is 10.8. The van der Waals surface area contributed by atoms with Gasteiger partial charge in [-0.25, -0.2) is 0 Å². The quantitative estimate of drug-likeness (QED) is 0.820. The van der Waals surface area contributed by atoms with Gasteiger partial charge >= 0.3 is 0 Å². The number of likely N-dealkylation sites (N-methyl/N-ethyl adjacent to an activating group) is 1. The summed E-state index contributed by atoms with van der Waals surface area (Å²) in [5.74, 6) is 0.570. The van der Waals surface area contributed by atoms with Crippen molar-refractivity contribution in [3.05, 3.63) is 35.9 Å². The van der Waals surface area contributed by atoms with Crippen molar-refractivity contribution in [3.8, 4) is 0 Å². The summed E-state index contributed by atoms with van der Waals surface area (Å²) in [5, 5.41) is 3.52. The van der Waals surface area contributed by atoms with Gasteiger partial charge in [-0.2, -0.15) is 0 Å². The summed E-state index contributed by atoms with van der Waals surface area (Å²) in [6.45, 7) is 7.76. The van der Waals surface area contributed by atoms with E-state index in [1.165, 1.54) is 5.56 Å². The van der Waals surface area contributed by atoms with Crippen LogP contribution < -0.4 is 5.32 Å². The van der Waals surface area contributed by atoms with Crippen LogP contribution in [0.5, 0.6) is 0 Å². The van der Waals surface area contributed by atoms with E-state index in [1.54, 1.807) is 0 Å². The van der Waals surface area contributed by atoms with Gasteiger partial charge in [-0.05, 0) is 25.5 Å². The average molecular weight is 263 g/mol. The molecule has 1 fully saturated rings. The first kappa shape index (κ1) is 14.5. The number of nitrogens with one attached hydrogen (secondary N) is 1. The zero-order valence-corrected chi connectivity index (χ0v) is 12.0. The zero-order chi connectivity index (χ0) is 13.5. The molecule has 19 heavy (non-hydrogen) atoms. The SMILES string of the molecule is CCNC(c1ccccc1)C(C)OCC1CCOC1. The van der Waals surface area contributed by atoms with Crippen molar-refractivity contribution in [1.82, 2.24) is 5.32 Å². The number of hydrogen-bond donors (Lipinski definition) is 1. The summed E-state index contributed by atoms with van der Waals surface area (Å²) < 4.78 is 11.4. The van der Waals surface area contributed by atoms with E-state index in [1.807, 2.05) is 6.07 Å². The molecule has 3 nitrogen and oxygen atoms in total. The van der Waals surface area contributed by atoms with Crippen molar-refractivity contribution in [2.45, 2.75) is 32.4 Å². The number of ether oxygens (including phenoxy) is 2. The van der Waals surface area contributed by atoms with Gasteiger partial charge in [-0.1, -0.05) is 37.3 Å². The third-order valence-corrected chi connectivity index (χ3v) is 3.67. The van der Waals surface area contributed by atoms with Crippen LogP contribution in [0, 0.1) is 5.92 Å². The molecule has 1 aliphatic rings. The molecule has 1 N–H and O–H groups in total. The molecule has 0 aromatic heterocycles. The fraction of sp³-hybridized carbons (Fsp3) is 0.625. The third kappa shape index (κ3) is 4.30. The lowest BCUT2D eigenvalue weighted by Crippen LogP contribution is -2.33. The summed E-state index contributed by atoms with van der Waals surface area (Å²) in [6.07, 6.45) is 1.30. The lowest BCUT2D eigenvalue weighted by Gasteiger charge is -2.26. The van der Waals surface area contributed by atoms with Crippen molar-refractivity contribution in [3.63, 3.8) is 0 Å². The highest BCUT2D eigenvalue weighted by Gasteiger charge is 2.22. The Balaban J connectivity index is 1.90. The van der Waals surface area contributed by atoms with E-state index < -0.39 is 0 Å². The van der Waals surface area contributed by atoms with E-state index >= 15 is 0 Å². The van der Waals surface area contributed by atoms with E-state index in [0.717, 1.165) is 32.8 Å². The van der Waals surface area contributed by atoms with Crippen molar-refractivity contribution in [2.24, 2.45) is 5.92 Å². The maximum Gasteiger partial charge on any atom is 0.0741 e. The summed E-state index contributed by atoms with van der Waals surface area (Å²) >= 11 is 0. The van der Waals surface area contributed by atoms with Gasteiger partial charge in [-0.15, -0.1) is 0 Å². The first-order valence-electron chi connectivity index (χ1n) is 7.29. The summed E-state index contributed by atoms with van der Waals surface area (Å²) in [5.41, 5.74) is 1.29. The highest BCUT2D eigenvalue weighted by Crippen LogP contribution is 2.21. The first-order chi connectivity index (χ1) is 9.31. The molecular formula is C16H25NO2. The van der Waals surface area contributed by atoms with Crippen LogP contribution in [0.15, 0.2) is 30.3 Å². The summed E-state index contributed by atoms with van der Waals surface area (Å²) in [7, 11) is 0. The average Bonchev–Trinajstić information content (AvgIpc) is 2.96. The molecule has 0 saturated carbocycles. The second-order valence-corrected chi connectivity index (χ2v) is 5.21. The zero-order valence-electron chi connectivity index (χ0n) is 12.0. The van der Waals surface area contributed by atoms with Gasteiger partial charge in [0.1, 0.15) is 0 Å². The van der Waals surface area contributed by atoms with Crippen molar-refractivity contribution in [1.29, 1.82) is 0 Å². The second kappa shape index (κ2) is 7.63. The van der Waals surface area contributed by atoms with Gasteiger partial charge in [0, 0.05) is 12.5 Å². The molecule has 3 unspecified atom stereocenters. The Bertz CT molecular complexity index is 349. The second-order valence-electron chi connectivity index (χ2n) is 5.21. The largest absolute Gasteiger partial charge is 0.381 e. The predicted octanol–water partition coefficient (Wildman–Crippen LogP) is 2.78. The fourth-order valence-electron chi connectivity index (χ4n) is 2.53. The molecule has 1 heterocycles. The molecule has 106 valence electrons. The Hall–Kier alpha value is -0.900. The number of benzene rings is 1. The normalized spacial score (nSPS) is 22.3. The number of rotatable bonds is 7. The Morgan fingerprint density at radius 1 is 1.37 bits per heavy atom. The topological polar surface area (TPSA) is 30.5 Å². The predicted molar refractivity (Wildman–Crippen MR) is 77.2 cm³/mol. The van der Waals surface area contributed by atoms with Crippen LogP contribution in [0.4, 0.5) is 0 Å². The molecule has 1 aliphatic heterocycles. The molecule has 3 atom stereocenters. The lowest BCUT2D eigenvalue weighted by atomic mass is 10.0. The van der Waals surface area contributed by atoms with E-state index in [-0.39, 0.29) is 12.1 Å².